The molecule has 3 fully saturated rings. The Kier molecular flexibility index (Phi) is 5.52. The molecule has 2 bridgehead atoms. The van der Waals surface area contributed by atoms with Crippen LogP contribution in [0.5, 0.6) is 0 Å². The number of anilines is 1. The standard InChI is InChI=1S/C20H23N3O2S2/c1-13(24)21-15-3-2-4-16(11-15)26-19-6-5-18(27-19)20(25)22-17-12-23-9-7-14(17)8-10-23/h2-6,11,14,17H,7-10,12H2,1H3,(H,21,24)(H,22,25)/t17-/m0/s1. The van der Waals surface area contributed by atoms with Gasteiger partial charge in [0.05, 0.1) is 9.09 Å². The summed E-state index contributed by atoms with van der Waals surface area (Å²) in [6.45, 7) is 4.83. The van der Waals surface area contributed by atoms with Crippen LogP contribution in [-0.2, 0) is 4.79 Å². The van der Waals surface area contributed by atoms with Gasteiger partial charge in [-0.1, -0.05) is 17.8 Å². The molecule has 2 aromatic rings. The van der Waals surface area contributed by atoms with Crippen LogP contribution >= 0.6 is 23.1 Å². The summed E-state index contributed by atoms with van der Waals surface area (Å²) in [5.41, 5.74) is 0.782. The molecule has 3 aliphatic rings. The van der Waals surface area contributed by atoms with E-state index in [1.807, 2.05) is 36.4 Å². The number of carbonyl (C=O) groups is 2. The van der Waals surface area contributed by atoms with Crippen molar-refractivity contribution in [2.45, 2.75) is 34.9 Å². The Bertz CT molecular complexity index is 843. The van der Waals surface area contributed by atoms with Crippen LogP contribution in [0.25, 0.3) is 0 Å². The Labute approximate surface area is 167 Å². The van der Waals surface area contributed by atoms with Crippen LogP contribution in [0.1, 0.15) is 29.4 Å². The molecule has 7 heteroatoms. The summed E-state index contributed by atoms with van der Waals surface area (Å²) in [5.74, 6) is 0.585. The van der Waals surface area contributed by atoms with Crippen molar-refractivity contribution >= 4 is 40.6 Å². The van der Waals surface area contributed by atoms with Crippen molar-refractivity contribution < 1.29 is 9.59 Å². The molecule has 0 spiro atoms. The van der Waals surface area contributed by atoms with Gasteiger partial charge in [0.1, 0.15) is 0 Å². The highest BCUT2D eigenvalue weighted by atomic mass is 32.2. The Hall–Kier alpha value is -1.83. The van der Waals surface area contributed by atoms with Gasteiger partial charge < -0.3 is 15.5 Å². The highest BCUT2D eigenvalue weighted by Crippen LogP contribution is 2.35. The molecule has 0 saturated carbocycles. The summed E-state index contributed by atoms with van der Waals surface area (Å²) >= 11 is 3.12. The normalized spacial score (nSPS) is 23.8. The molecule has 4 heterocycles. The third-order valence-corrected chi connectivity index (χ3v) is 7.36. The van der Waals surface area contributed by atoms with E-state index in [0.29, 0.717) is 5.92 Å². The van der Waals surface area contributed by atoms with Gasteiger partial charge in [0.25, 0.3) is 5.91 Å². The number of nitrogens with zero attached hydrogens (tertiary/aromatic N) is 1. The lowest BCUT2D eigenvalue weighted by Crippen LogP contribution is -2.57. The molecule has 1 atom stereocenters. The quantitative estimate of drug-likeness (QED) is 0.802. The molecular formula is C20H23N3O2S2. The lowest BCUT2D eigenvalue weighted by molar-refractivity contribution is -0.114. The van der Waals surface area contributed by atoms with Gasteiger partial charge in [0.2, 0.25) is 5.91 Å². The fourth-order valence-corrected chi connectivity index (χ4v) is 5.89. The summed E-state index contributed by atoms with van der Waals surface area (Å²) in [4.78, 5) is 28.1. The van der Waals surface area contributed by atoms with Crippen molar-refractivity contribution in [3.05, 3.63) is 41.3 Å². The number of hydrogen-bond acceptors (Lipinski definition) is 5. The first kappa shape index (κ1) is 18.5. The Morgan fingerprint density at radius 1 is 1.19 bits per heavy atom. The molecule has 2 amide bonds. The van der Waals surface area contributed by atoms with Gasteiger partial charge in [0.15, 0.2) is 0 Å². The van der Waals surface area contributed by atoms with E-state index in [4.69, 9.17) is 0 Å². The van der Waals surface area contributed by atoms with E-state index in [0.717, 1.165) is 26.2 Å². The maximum atomic E-state index is 12.7. The van der Waals surface area contributed by atoms with Crippen LogP contribution in [0.3, 0.4) is 0 Å². The maximum Gasteiger partial charge on any atom is 0.261 e. The van der Waals surface area contributed by atoms with Crippen molar-refractivity contribution in [2.24, 2.45) is 5.92 Å². The lowest BCUT2D eigenvalue weighted by atomic mass is 9.84. The number of thiophene rings is 1. The topological polar surface area (TPSA) is 61.4 Å². The second-order valence-electron chi connectivity index (χ2n) is 7.15. The van der Waals surface area contributed by atoms with E-state index in [1.54, 1.807) is 11.8 Å². The number of hydrogen-bond donors (Lipinski definition) is 2. The minimum absolute atomic E-state index is 0.0394. The number of benzene rings is 1. The smallest absolute Gasteiger partial charge is 0.261 e. The average Bonchev–Trinajstić information content (AvgIpc) is 3.11. The highest BCUT2D eigenvalue weighted by molar-refractivity contribution is 8.01. The van der Waals surface area contributed by atoms with Crippen LogP contribution in [0, 0.1) is 5.92 Å². The maximum absolute atomic E-state index is 12.7. The second kappa shape index (κ2) is 8.04. The molecule has 5 rings (SSSR count). The molecule has 1 aromatic carbocycles. The van der Waals surface area contributed by atoms with Gasteiger partial charge in [0, 0.05) is 30.1 Å². The molecule has 3 saturated heterocycles. The first-order chi connectivity index (χ1) is 13.1. The fourth-order valence-electron chi connectivity index (χ4n) is 3.82. The average molecular weight is 402 g/mol. The lowest BCUT2D eigenvalue weighted by Gasteiger charge is -2.44. The van der Waals surface area contributed by atoms with Gasteiger partial charge in [-0.15, -0.1) is 11.3 Å². The van der Waals surface area contributed by atoms with Crippen LogP contribution in [0.2, 0.25) is 0 Å². The zero-order valence-corrected chi connectivity index (χ0v) is 16.9. The van der Waals surface area contributed by atoms with Crippen molar-refractivity contribution in [2.75, 3.05) is 25.0 Å². The summed E-state index contributed by atoms with van der Waals surface area (Å²) in [6.07, 6.45) is 2.39. The Morgan fingerprint density at radius 2 is 2.00 bits per heavy atom. The molecular weight excluding hydrogens is 378 g/mol. The SMILES string of the molecule is CC(=O)Nc1cccc(Sc2ccc(C(=O)N[C@H]3CN4CCC3CC4)s2)c1. The molecule has 27 heavy (non-hydrogen) atoms. The molecule has 2 N–H and O–H groups in total. The largest absolute Gasteiger partial charge is 0.347 e. The Morgan fingerprint density at radius 3 is 2.70 bits per heavy atom. The van der Waals surface area contributed by atoms with E-state index in [9.17, 15) is 9.59 Å². The number of piperidine rings is 3. The summed E-state index contributed by atoms with van der Waals surface area (Å²) < 4.78 is 1.06. The number of amides is 2. The summed E-state index contributed by atoms with van der Waals surface area (Å²) in [6, 6.07) is 11.9. The van der Waals surface area contributed by atoms with Crippen molar-refractivity contribution in [1.29, 1.82) is 0 Å². The van der Waals surface area contributed by atoms with Gasteiger partial charge in [-0.3, -0.25) is 9.59 Å². The summed E-state index contributed by atoms with van der Waals surface area (Å²) in [7, 11) is 0. The molecule has 5 nitrogen and oxygen atoms in total. The van der Waals surface area contributed by atoms with Crippen molar-refractivity contribution in [3.8, 4) is 0 Å². The van der Waals surface area contributed by atoms with Gasteiger partial charge in [-0.2, -0.15) is 0 Å². The van der Waals surface area contributed by atoms with Crippen LogP contribution in [-0.4, -0.2) is 42.4 Å². The van der Waals surface area contributed by atoms with Gasteiger partial charge >= 0.3 is 0 Å². The van der Waals surface area contributed by atoms with E-state index in [2.05, 4.69) is 15.5 Å². The molecule has 0 radical (unpaired) electrons. The third kappa shape index (κ3) is 4.54. The van der Waals surface area contributed by atoms with Crippen LogP contribution in [0.15, 0.2) is 45.5 Å². The van der Waals surface area contributed by atoms with E-state index in [1.165, 1.54) is 44.2 Å². The van der Waals surface area contributed by atoms with Gasteiger partial charge in [-0.25, -0.2) is 0 Å². The predicted molar refractivity (Wildman–Crippen MR) is 110 cm³/mol. The number of fused-ring (bicyclic) bond motifs is 3. The highest BCUT2D eigenvalue weighted by Gasteiger charge is 2.35. The van der Waals surface area contributed by atoms with Crippen LogP contribution in [0.4, 0.5) is 5.69 Å². The minimum atomic E-state index is -0.0834. The third-order valence-electron chi connectivity index (χ3n) is 5.15. The number of carbonyl (C=O) groups excluding carboxylic acids is 2. The van der Waals surface area contributed by atoms with E-state index < -0.39 is 0 Å². The molecule has 3 aliphatic heterocycles. The van der Waals surface area contributed by atoms with Crippen molar-refractivity contribution in [3.63, 3.8) is 0 Å². The monoisotopic (exact) mass is 401 g/mol. The Balaban J connectivity index is 1.38. The number of nitrogens with one attached hydrogen (secondary N) is 2. The molecule has 0 unspecified atom stereocenters. The van der Waals surface area contributed by atoms with Gasteiger partial charge in [-0.05, 0) is 62.2 Å². The molecule has 142 valence electrons. The molecule has 0 aliphatic carbocycles. The predicted octanol–water partition coefficient (Wildman–Crippen LogP) is 3.68. The molecule has 1 aromatic heterocycles. The minimum Gasteiger partial charge on any atom is -0.347 e. The second-order valence-corrected chi connectivity index (χ2v) is 9.61. The fraction of sp³-hybridized carbons (Fsp3) is 0.400. The number of rotatable bonds is 5. The van der Waals surface area contributed by atoms with E-state index in [-0.39, 0.29) is 17.9 Å². The zero-order valence-electron chi connectivity index (χ0n) is 15.2. The summed E-state index contributed by atoms with van der Waals surface area (Å²) in [5, 5.41) is 6.04. The van der Waals surface area contributed by atoms with Crippen molar-refractivity contribution in [1.82, 2.24) is 10.2 Å². The first-order valence-corrected chi connectivity index (χ1v) is 10.9. The van der Waals surface area contributed by atoms with E-state index >= 15 is 0 Å². The van der Waals surface area contributed by atoms with Crippen LogP contribution < -0.4 is 10.6 Å². The first-order valence-electron chi connectivity index (χ1n) is 9.25. The zero-order chi connectivity index (χ0) is 18.8.